The van der Waals surface area contributed by atoms with Crippen LogP contribution in [-0.4, -0.2) is 14.8 Å². The van der Waals surface area contributed by atoms with Gasteiger partial charge < -0.3 is 0 Å². The highest BCUT2D eigenvalue weighted by atomic mass is 35.5. The number of aryl methyl sites for hydroxylation is 1. The van der Waals surface area contributed by atoms with Gasteiger partial charge in [-0.2, -0.15) is 4.68 Å². The highest BCUT2D eigenvalue weighted by Gasteiger charge is 2.08. The number of nitrogens with zero attached hydrogens (tertiary/aromatic N) is 2. The van der Waals surface area contributed by atoms with Crippen molar-refractivity contribution in [3.05, 3.63) is 44.4 Å². The average molecular weight is 244 g/mol. The Morgan fingerprint density at radius 2 is 2.13 bits per heavy atom. The van der Waals surface area contributed by atoms with Crippen LogP contribution in [0.15, 0.2) is 23.1 Å². The van der Waals surface area contributed by atoms with Crippen LogP contribution in [0, 0.1) is 6.92 Å². The summed E-state index contributed by atoms with van der Waals surface area (Å²) in [5, 5.41) is 3.59. The molecule has 0 aromatic carbocycles. The minimum Gasteiger partial charge on any atom is -0.294 e. The Labute approximate surface area is 95.4 Å². The molecule has 0 spiro atoms. The molecule has 2 aromatic heterocycles. The molecule has 15 heavy (non-hydrogen) atoms. The zero-order valence-corrected chi connectivity index (χ0v) is 9.30. The monoisotopic (exact) mass is 243 g/mol. The van der Waals surface area contributed by atoms with Gasteiger partial charge in [0.15, 0.2) is 5.82 Å². The van der Waals surface area contributed by atoms with Gasteiger partial charge in [-0.3, -0.25) is 9.89 Å². The quantitative estimate of drug-likeness (QED) is 0.835. The maximum Gasteiger partial charge on any atom is 0.272 e. The summed E-state index contributed by atoms with van der Waals surface area (Å²) in [4.78, 5) is 15.5. The normalized spacial score (nSPS) is 10.6. The number of H-pyrrole nitrogens is 1. The van der Waals surface area contributed by atoms with E-state index in [1.807, 2.05) is 0 Å². The number of halogens is 2. The first-order valence-corrected chi connectivity index (χ1v) is 4.93. The molecule has 0 saturated carbocycles. The van der Waals surface area contributed by atoms with Gasteiger partial charge in [-0.05, 0) is 13.0 Å². The SMILES string of the molecule is Cc1cc(=O)n(-c2ncc(Cl)cc2Cl)[nH]1. The molecule has 78 valence electrons. The van der Waals surface area contributed by atoms with Crippen LogP contribution in [0.2, 0.25) is 10.0 Å². The molecule has 2 aromatic rings. The molecule has 1 N–H and O–H groups in total. The molecule has 6 heteroatoms. The third-order valence-corrected chi connectivity index (χ3v) is 2.33. The van der Waals surface area contributed by atoms with Crippen molar-refractivity contribution in [3.8, 4) is 5.82 Å². The van der Waals surface area contributed by atoms with Crippen molar-refractivity contribution < 1.29 is 0 Å². The van der Waals surface area contributed by atoms with E-state index in [0.717, 1.165) is 5.69 Å². The molecular weight excluding hydrogens is 237 g/mol. The number of pyridine rings is 1. The Morgan fingerprint density at radius 1 is 1.40 bits per heavy atom. The fourth-order valence-electron chi connectivity index (χ4n) is 1.24. The van der Waals surface area contributed by atoms with Crippen LogP contribution >= 0.6 is 23.2 Å². The van der Waals surface area contributed by atoms with E-state index >= 15 is 0 Å². The van der Waals surface area contributed by atoms with E-state index in [9.17, 15) is 4.79 Å². The molecule has 0 unspecified atom stereocenters. The Bertz CT molecular complexity index is 559. The van der Waals surface area contributed by atoms with E-state index < -0.39 is 0 Å². The van der Waals surface area contributed by atoms with Gasteiger partial charge >= 0.3 is 0 Å². The second kappa shape index (κ2) is 3.72. The summed E-state index contributed by atoms with van der Waals surface area (Å²) in [6, 6.07) is 3.00. The minimum atomic E-state index is -0.204. The van der Waals surface area contributed by atoms with Crippen molar-refractivity contribution in [1.82, 2.24) is 14.8 Å². The third kappa shape index (κ3) is 1.91. The fourth-order valence-corrected chi connectivity index (χ4v) is 1.71. The zero-order chi connectivity index (χ0) is 11.0. The van der Waals surface area contributed by atoms with E-state index in [4.69, 9.17) is 23.2 Å². The maximum absolute atomic E-state index is 11.5. The van der Waals surface area contributed by atoms with Crippen molar-refractivity contribution in [2.75, 3.05) is 0 Å². The van der Waals surface area contributed by atoms with Crippen LogP contribution in [0.5, 0.6) is 0 Å². The van der Waals surface area contributed by atoms with Crippen LogP contribution in [0.3, 0.4) is 0 Å². The predicted molar refractivity (Wildman–Crippen MR) is 58.9 cm³/mol. The second-order valence-electron chi connectivity index (χ2n) is 3.07. The summed E-state index contributed by atoms with van der Waals surface area (Å²) < 4.78 is 1.27. The molecule has 0 aliphatic carbocycles. The smallest absolute Gasteiger partial charge is 0.272 e. The lowest BCUT2D eigenvalue weighted by atomic mass is 10.4. The van der Waals surface area contributed by atoms with Gasteiger partial charge in [0.05, 0.1) is 10.0 Å². The zero-order valence-electron chi connectivity index (χ0n) is 7.79. The van der Waals surface area contributed by atoms with E-state index in [2.05, 4.69) is 10.1 Å². The van der Waals surface area contributed by atoms with Gasteiger partial charge in [0, 0.05) is 18.0 Å². The number of aromatic nitrogens is 3. The summed E-state index contributed by atoms with van der Waals surface area (Å²) in [7, 11) is 0. The van der Waals surface area contributed by atoms with Gasteiger partial charge in [-0.25, -0.2) is 4.98 Å². The molecule has 0 saturated heterocycles. The molecule has 2 heterocycles. The Kier molecular flexibility index (Phi) is 2.54. The summed E-state index contributed by atoms with van der Waals surface area (Å²) in [5.74, 6) is 0.346. The van der Waals surface area contributed by atoms with Crippen LogP contribution in [0.4, 0.5) is 0 Å². The van der Waals surface area contributed by atoms with Crippen LogP contribution in [-0.2, 0) is 0 Å². The highest BCUT2D eigenvalue weighted by Crippen LogP contribution is 2.20. The number of nitrogens with one attached hydrogen (secondary N) is 1. The lowest BCUT2D eigenvalue weighted by molar-refractivity contribution is 0.807. The van der Waals surface area contributed by atoms with Crippen molar-refractivity contribution in [1.29, 1.82) is 0 Å². The maximum atomic E-state index is 11.5. The minimum absolute atomic E-state index is 0.204. The molecule has 0 bridgehead atoms. The second-order valence-corrected chi connectivity index (χ2v) is 3.92. The lowest BCUT2D eigenvalue weighted by Gasteiger charge is -2.03. The summed E-state index contributed by atoms with van der Waals surface area (Å²) in [5.41, 5.74) is 0.539. The van der Waals surface area contributed by atoms with E-state index in [1.165, 1.54) is 23.0 Å². The molecule has 4 nitrogen and oxygen atoms in total. The van der Waals surface area contributed by atoms with Crippen LogP contribution in [0.1, 0.15) is 5.69 Å². The van der Waals surface area contributed by atoms with Crippen LogP contribution in [0.25, 0.3) is 5.82 Å². The first kappa shape index (κ1) is 10.3. The Balaban J connectivity index is 2.64. The van der Waals surface area contributed by atoms with Gasteiger partial charge in [0.1, 0.15) is 0 Å². The van der Waals surface area contributed by atoms with Crippen molar-refractivity contribution >= 4 is 23.2 Å². The third-order valence-electron chi connectivity index (χ3n) is 1.85. The predicted octanol–water partition coefficient (Wildman–Crippen LogP) is 2.18. The first-order chi connectivity index (χ1) is 7.08. The van der Waals surface area contributed by atoms with Crippen molar-refractivity contribution in [2.24, 2.45) is 0 Å². The molecular formula is C9H7Cl2N3O. The molecule has 0 aliphatic heterocycles. The summed E-state index contributed by atoms with van der Waals surface area (Å²) in [6.45, 7) is 1.78. The molecule has 0 fully saturated rings. The summed E-state index contributed by atoms with van der Waals surface area (Å²) >= 11 is 11.6. The van der Waals surface area contributed by atoms with Gasteiger partial charge in [-0.15, -0.1) is 0 Å². The lowest BCUT2D eigenvalue weighted by Crippen LogP contribution is -2.15. The van der Waals surface area contributed by atoms with Crippen LogP contribution < -0.4 is 5.56 Å². The van der Waals surface area contributed by atoms with E-state index in [-0.39, 0.29) is 5.56 Å². The topological polar surface area (TPSA) is 50.7 Å². The van der Waals surface area contributed by atoms with E-state index in [0.29, 0.717) is 15.9 Å². The summed E-state index contributed by atoms with van der Waals surface area (Å²) in [6.07, 6.45) is 1.44. The van der Waals surface area contributed by atoms with Gasteiger partial charge in [-0.1, -0.05) is 23.2 Å². The first-order valence-electron chi connectivity index (χ1n) is 4.18. The largest absolute Gasteiger partial charge is 0.294 e. The van der Waals surface area contributed by atoms with Crippen molar-refractivity contribution in [2.45, 2.75) is 6.92 Å². The van der Waals surface area contributed by atoms with Gasteiger partial charge in [0.25, 0.3) is 5.56 Å². The molecule has 0 radical (unpaired) electrons. The number of hydrogen-bond acceptors (Lipinski definition) is 2. The Morgan fingerprint density at radius 3 is 2.67 bits per heavy atom. The number of aromatic amines is 1. The fraction of sp³-hybridized carbons (Fsp3) is 0.111. The number of hydrogen-bond donors (Lipinski definition) is 1. The molecule has 0 amide bonds. The Hall–Kier alpha value is -1.26. The number of rotatable bonds is 1. The van der Waals surface area contributed by atoms with E-state index in [1.54, 1.807) is 6.92 Å². The molecule has 0 atom stereocenters. The van der Waals surface area contributed by atoms with Gasteiger partial charge in [0.2, 0.25) is 0 Å². The average Bonchev–Trinajstić information content (AvgIpc) is 2.45. The van der Waals surface area contributed by atoms with Crippen molar-refractivity contribution in [3.63, 3.8) is 0 Å². The molecule has 2 rings (SSSR count). The molecule has 0 aliphatic rings. The standard InChI is InChI=1S/C9H7Cl2N3O/c1-5-2-8(15)14(13-5)9-7(11)3-6(10)4-12-9/h2-4,13H,1H3. The highest BCUT2D eigenvalue weighted by molar-refractivity contribution is 6.35.